The summed E-state index contributed by atoms with van der Waals surface area (Å²) < 4.78 is 7.31. The third kappa shape index (κ3) is 4.46. The van der Waals surface area contributed by atoms with Crippen LogP contribution in [0.5, 0.6) is 0 Å². The summed E-state index contributed by atoms with van der Waals surface area (Å²) in [5.74, 6) is 2.19. The van der Waals surface area contributed by atoms with Crippen molar-refractivity contribution in [2.24, 2.45) is 0 Å². The number of rotatable bonds is 7. The van der Waals surface area contributed by atoms with Crippen molar-refractivity contribution in [2.75, 3.05) is 0 Å². The molecule has 0 fully saturated rings. The summed E-state index contributed by atoms with van der Waals surface area (Å²) in [6, 6.07) is 19.4. The molecule has 0 radical (unpaired) electrons. The number of hydrogen-bond donors (Lipinski definition) is 1. The second-order valence-electron chi connectivity index (χ2n) is 6.90. The molecule has 0 atom stereocenters. The summed E-state index contributed by atoms with van der Waals surface area (Å²) in [6.07, 6.45) is 1.59. The van der Waals surface area contributed by atoms with Crippen LogP contribution >= 0.6 is 11.8 Å². The number of nitrogens with zero attached hydrogens (tertiary/aromatic N) is 3. The molecule has 1 amide bonds. The van der Waals surface area contributed by atoms with E-state index in [1.165, 1.54) is 5.56 Å². The lowest BCUT2D eigenvalue weighted by atomic mass is 10.1. The van der Waals surface area contributed by atoms with Gasteiger partial charge >= 0.3 is 0 Å². The molecule has 152 valence electrons. The summed E-state index contributed by atoms with van der Waals surface area (Å²) in [6.45, 7) is 4.41. The Morgan fingerprint density at radius 3 is 2.57 bits per heavy atom. The van der Waals surface area contributed by atoms with Crippen LogP contribution in [-0.2, 0) is 12.3 Å². The van der Waals surface area contributed by atoms with E-state index in [1.54, 1.807) is 24.1 Å². The number of thioether (sulfide) groups is 1. The van der Waals surface area contributed by atoms with Gasteiger partial charge in [-0.2, -0.15) is 0 Å². The third-order valence-electron chi connectivity index (χ3n) is 4.74. The minimum Gasteiger partial charge on any atom is -0.467 e. The van der Waals surface area contributed by atoms with Gasteiger partial charge in [0.15, 0.2) is 5.16 Å². The van der Waals surface area contributed by atoms with Gasteiger partial charge in [-0.25, -0.2) is 0 Å². The van der Waals surface area contributed by atoms with E-state index in [4.69, 9.17) is 4.42 Å². The van der Waals surface area contributed by atoms with Gasteiger partial charge in [-0.1, -0.05) is 42.1 Å². The first-order valence-corrected chi connectivity index (χ1v) is 10.6. The van der Waals surface area contributed by atoms with E-state index < -0.39 is 0 Å². The average molecular weight is 419 g/mol. The Bertz CT molecular complexity index is 1130. The molecule has 0 spiro atoms. The molecular formula is C23H22N4O2S. The van der Waals surface area contributed by atoms with Crippen LogP contribution in [-0.4, -0.2) is 20.7 Å². The minimum atomic E-state index is -0.125. The van der Waals surface area contributed by atoms with Gasteiger partial charge in [-0.3, -0.25) is 9.36 Å². The number of furan rings is 1. The Labute approximate surface area is 179 Å². The lowest BCUT2D eigenvalue weighted by Crippen LogP contribution is -2.22. The van der Waals surface area contributed by atoms with Crippen molar-refractivity contribution in [3.8, 4) is 5.69 Å². The zero-order valence-corrected chi connectivity index (χ0v) is 17.6. The van der Waals surface area contributed by atoms with Crippen molar-refractivity contribution < 1.29 is 9.21 Å². The van der Waals surface area contributed by atoms with Crippen molar-refractivity contribution in [2.45, 2.75) is 31.3 Å². The quantitative estimate of drug-likeness (QED) is 0.441. The first kappa shape index (κ1) is 20.0. The highest BCUT2D eigenvalue weighted by atomic mass is 32.2. The zero-order valence-electron chi connectivity index (χ0n) is 16.8. The van der Waals surface area contributed by atoms with E-state index in [-0.39, 0.29) is 5.91 Å². The number of benzene rings is 2. The molecule has 0 saturated carbocycles. The number of carbonyl (C=O) groups is 1. The van der Waals surface area contributed by atoms with Gasteiger partial charge in [-0.15, -0.1) is 10.2 Å². The summed E-state index contributed by atoms with van der Waals surface area (Å²) in [7, 11) is 0. The highest BCUT2D eigenvalue weighted by molar-refractivity contribution is 7.98. The van der Waals surface area contributed by atoms with Crippen LogP contribution in [0.15, 0.2) is 76.5 Å². The Balaban J connectivity index is 1.40. The molecule has 0 saturated heterocycles. The highest BCUT2D eigenvalue weighted by Crippen LogP contribution is 2.26. The second-order valence-corrected chi connectivity index (χ2v) is 7.84. The minimum absolute atomic E-state index is 0.125. The van der Waals surface area contributed by atoms with Gasteiger partial charge < -0.3 is 9.73 Å². The molecule has 0 aliphatic rings. The number of aromatic nitrogens is 3. The van der Waals surface area contributed by atoms with E-state index in [0.717, 1.165) is 33.7 Å². The number of amides is 1. The maximum Gasteiger partial charge on any atom is 0.251 e. The van der Waals surface area contributed by atoms with E-state index in [0.29, 0.717) is 12.1 Å². The lowest BCUT2D eigenvalue weighted by Gasteiger charge is -2.11. The topological polar surface area (TPSA) is 73.0 Å². The summed E-state index contributed by atoms with van der Waals surface area (Å²) >= 11 is 1.62. The van der Waals surface area contributed by atoms with Gasteiger partial charge in [0, 0.05) is 11.3 Å². The summed E-state index contributed by atoms with van der Waals surface area (Å²) in [4.78, 5) is 12.3. The van der Waals surface area contributed by atoms with Crippen molar-refractivity contribution in [1.29, 1.82) is 0 Å². The normalized spacial score (nSPS) is 10.9. The van der Waals surface area contributed by atoms with Crippen LogP contribution in [0.3, 0.4) is 0 Å². The van der Waals surface area contributed by atoms with E-state index in [2.05, 4.69) is 39.1 Å². The molecule has 2 aromatic carbocycles. The fourth-order valence-corrected chi connectivity index (χ4v) is 4.06. The van der Waals surface area contributed by atoms with Crippen molar-refractivity contribution in [1.82, 2.24) is 20.1 Å². The molecule has 2 heterocycles. The van der Waals surface area contributed by atoms with Crippen LogP contribution in [0.2, 0.25) is 0 Å². The number of aryl methyl sites for hydroxylation is 2. The predicted molar refractivity (Wildman–Crippen MR) is 117 cm³/mol. The van der Waals surface area contributed by atoms with Gasteiger partial charge in [-0.05, 0) is 55.3 Å². The molecule has 4 aromatic rings. The molecule has 30 heavy (non-hydrogen) atoms. The van der Waals surface area contributed by atoms with Crippen LogP contribution in [0.25, 0.3) is 5.69 Å². The number of para-hydroxylation sites is 1. The van der Waals surface area contributed by atoms with Crippen molar-refractivity contribution in [3.05, 3.63) is 95.2 Å². The fraction of sp³-hybridized carbons (Fsp3) is 0.174. The van der Waals surface area contributed by atoms with Crippen molar-refractivity contribution in [3.63, 3.8) is 0 Å². The van der Waals surface area contributed by atoms with Gasteiger partial charge in [0.2, 0.25) is 0 Å². The lowest BCUT2D eigenvalue weighted by molar-refractivity contribution is 0.0948. The predicted octanol–water partition coefficient (Wildman–Crippen LogP) is 4.70. The molecular weight excluding hydrogens is 396 g/mol. The van der Waals surface area contributed by atoms with Crippen LogP contribution < -0.4 is 5.32 Å². The van der Waals surface area contributed by atoms with E-state index >= 15 is 0 Å². The summed E-state index contributed by atoms with van der Waals surface area (Å²) in [5.41, 5.74) is 3.99. The number of hydrogen-bond acceptors (Lipinski definition) is 5. The third-order valence-corrected chi connectivity index (χ3v) is 5.74. The average Bonchev–Trinajstić information content (AvgIpc) is 3.41. The van der Waals surface area contributed by atoms with Gasteiger partial charge in [0.1, 0.15) is 11.6 Å². The smallest absolute Gasteiger partial charge is 0.251 e. The van der Waals surface area contributed by atoms with E-state index in [1.807, 2.05) is 49.4 Å². The Morgan fingerprint density at radius 1 is 1.03 bits per heavy atom. The Morgan fingerprint density at radius 2 is 1.83 bits per heavy atom. The molecule has 1 N–H and O–H groups in total. The SMILES string of the molecule is Cc1ccccc1-n1c(C)nnc1SCc1ccc(C(=O)NCc2ccco2)cc1. The molecule has 4 rings (SSSR count). The first-order valence-electron chi connectivity index (χ1n) is 9.62. The zero-order chi connectivity index (χ0) is 20.9. The van der Waals surface area contributed by atoms with Gasteiger partial charge in [0.25, 0.3) is 5.91 Å². The second kappa shape index (κ2) is 9.00. The fourth-order valence-electron chi connectivity index (χ4n) is 3.11. The van der Waals surface area contributed by atoms with Crippen LogP contribution in [0.1, 0.15) is 33.1 Å². The maximum atomic E-state index is 12.3. The summed E-state index contributed by atoms with van der Waals surface area (Å²) in [5, 5.41) is 12.3. The number of nitrogens with one attached hydrogen (secondary N) is 1. The van der Waals surface area contributed by atoms with E-state index in [9.17, 15) is 4.79 Å². The standard InChI is InChI=1S/C23H22N4O2S/c1-16-6-3-4-8-21(16)27-17(2)25-26-23(27)30-15-18-9-11-19(12-10-18)22(28)24-14-20-7-5-13-29-20/h3-13H,14-15H2,1-2H3,(H,24,28). The Hall–Kier alpha value is -3.32. The van der Waals surface area contributed by atoms with Crippen LogP contribution in [0.4, 0.5) is 0 Å². The maximum absolute atomic E-state index is 12.3. The van der Waals surface area contributed by atoms with Crippen molar-refractivity contribution >= 4 is 17.7 Å². The molecule has 6 nitrogen and oxygen atoms in total. The van der Waals surface area contributed by atoms with Crippen LogP contribution in [0, 0.1) is 13.8 Å². The molecule has 7 heteroatoms. The molecule has 0 unspecified atom stereocenters. The monoisotopic (exact) mass is 418 g/mol. The van der Waals surface area contributed by atoms with Gasteiger partial charge in [0.05, 0.1) is 18.5 Å². The number of carbonyl (C=O) groups excluding carboxylic acids is 1. The largest absolute Gasteiger partial charge is 0.467 e. The molecule has 0 bridgehead atoms. The first-order chi connectivity index (χ1) is 14.6. The highest BCUT2D eigenvalue weighted by Gasteiger charge is 2.13. The molecule has 0 aliphatic heterocycles. The molecule has 0 aliphatic carbocycles. The Kier molecular flexibility index (Phi) is 5.99. The molecule has 2 aromatic heterocycles.